The molecule has 1 heterocycles. The number of hydrogen-bond donors (Lipinski definition) is 2. The first-order valence-corrected chi connectivity index (χ1v) is 5.44. The summed E-state index contributed by atoms with van der Waals surface area (Å²) in [4.78, 5) is 8.04. The fraction of sp³-hybridized carbons (Fsp3) is 0.556. The summed E-state index contributed by atoms with van der Waals surface area (Å²) in [5.74, 6) is 0.847. The van der Waals surface area contributed by atoms with E-state index in [0.29, 0.717) is 5.41 Å². The highest BCUT2D eigenvalue weighted by Gasteiger charge is 2.40. The van der Waals surface area contributed by atoms with Crippen LogP contribution in [0.1, 0.15) is 12.8 Å². The van der Waals surface area contributed by atoms with Gasteiger partial charge in [-0.3, -0.25) is 0 Å². The molecule has 1 fully saturated rings. The molecule has 0 bridgehead atoms. The average molecular weight is 257 g/mol. The zero-order chi connectivity index (χ0) is 10.0. The van der Waals surface area contributed by atoms with Crippen LogP contribution in [0.5, 0.6) is 0 Å². The predicted molar refractivity (Wildman–Crippen MR) is 58.9 cm³/mol. The first-order chi connectivity index (χ1) is 6.76. The molecule has 5 heteroatoms. The van der Waals surface area contributed by atoms with E-state index in [0.717, 1.165) is 23.4 Å². The van der Waals surface area contributed by atoms with Crippen molar-refractivity contribution in [3.63, 3.8) is 0 Å². The molecule has 0 radical (unpaired) electrons. The van der Waals surface area contributed by atoms with Crippen molar-refractivity contribution in [1.29, 1.82) is 0 Å². The highest BCUT2D eigenvalue weighted by molar-refractivity contribution is 9.10. The first-order valence-electron chi connectivity index (χ1n) is 4.65. The van der Waals surface area contributed by atoms with Gasteiger partial charge in [0.2, 0.25) is 0 Å². The van der Waals surface area contributed by atoms with Gasteiger partial charge in [0.15, 0.2) is 0 Å². The minimum absolute atomic E-state index is 0.324. The van der Waals surface area contributed by atoms with E-state index in [1.165, 1.54) is 19.2 Å². The standard InChI is InChI=1S/C9H13BrN4/c10-7-3-12-6-14-8(7)13-5-9(4-11)1-2-9/h3,6H,1-2,4-5,11H2,(H,12,13,14). The second kappa shape index (κ2) is 3.82. The molecule has 1 aliphatic carbocycles. The van der Waals surface area contributed by atoms with E-state index in [-0.39, 0.29) is 0 Å². The largest absolute Gasteiger partial charge is 0.368 e. The quantitative estimate of drug-likeness (QED) is 0.855. The molecule has 4 nitrogen and oxygen atoms in total. The van der Waals surface area contributed by atoms with E-state index in [1.54, 1.807) is 6.20 Å². The van der Waals surface area contributed by atoms with E-state index in [1.807, 2.05) is 0 Å². The molecule has 2 rings (SSSR count). The van der Waals surface area contributed by atoms with Gasteiger partial charge in [0.25, 0.3) is 0 Å². The Morgan fingerprint density at radius 2 is 2.36 bits per heavy atom. The highest BCUT2D eigenvalue weighted by Crippen LogP contribution is 2.44. The molecule has 1 aromatic rings. The van der Waals surface area contributed by atoms with Gasteiger partial charge < -0.3 is 11.1 Å². The third-order valence-corrected chi connectivity index (χ3v) is 3.27. The third kappa shape index (κ3) is 2.04. The molecular formula is C9H13BrN4. The maximum absolute atomic E-state index is 5.69. The predicted octanol–water partition coefficient (Wildman–Crippen LogP) is 1.39. The zero-order valence-corrected chi connectivity index (χ0v) is 9.42. The van der Waals surface area contributed by atoms with Gasteiger partial charge in [-0.1, -0.05) is 0 Å². The average Bonchev–Trinajstić information content (AvgIpc) is 2.98. The Kier molecular flexibility index (Phi) is 2.69. The Bertz CT molecular complexity index is 324. The second-order valence-electron chi connectivity index (χ2n) is 3.78. The van der Waals surface area contributed by atoms with Crippen LogP contribution in [0.4, 0.5) is 5.82 Å². The number of hydrogen-bond acceptors (Lipinski definition) is 4. The van der Waals surface area contributed by atoms with E-state index >= 15 is 0 Å². The smallest absolute Gasteiger partial charge is 0.143 e. The number of halogens is 1. The van der Waals surface area contributed by atoms with Crippen molar-refractivity contribution in [2.75, 3.05) is 18.4 Å². The third-order valence-electron chi connectivity index (χ3n) is 2.69. The Balaban J connectivity index is 1.95. The molecule has 0 unspecified atom stereocenters. The summed E-state index contributed by atoms with van der Waals surface area (Å²) < 4.78 is 0.896. The van der Waals surface area contributed by atoms with Crippen LogP contribution in [-0.4, -0.2) is 23.1 Å². The summed E-state index contributed by atoms with van der Waals surface area (Å²) in [6.07, 6.45) is 5.71. The molecule has 0 saturated heterocycles. The number of nitrogens with two attached hydrogens (primary N) is 1. The Morgan fingerprint density at radius 3 is 2.93 bits per heavy atom. The molecule has 14 heavy (non-hydrogen) atoms. The van der Waals surface area contributed by atoms with E-state index < -0.39 is 0 Å². The molecule has 1 aromatic heterocycles. The molecule has 0 atom stereocenters. The lowest BCUT2D eigenvalue weighted by Gasteiger charge is -2.14. The fourth-order valence-corrected chi connectivity index (χ4v) is 1.70. The van der Waals surface area contributed by atoms with Crippen LogP contribution < -0.4 is 11.1 Å². The Morgan fingerprint density at radius 1 is 1.57 bits per heavy atom. The normalized spacial score (nSPS) is 17.9. The molecule has 1 saturated carbocycles. The summed E-state index contributed by atoms with van der Waals surface area (Å²) in [6, 6.07) is 0. The van der Waals surface area contributed by atoms with E-state index in [4.69, 9.17) is 5.73 Å². The van der Waals surface area contributed by atoms with Crippen molar-refractivity contribution in [3.05, 3.63) is 17.0 Å². The lowest BCUT2D eigenvalue weighted by atomic mass is 10.1. The molecule has 76 valence electrons. The van der Waals surface area contributed by atoms with Crippen LogP contribution in [0.3, 0.4) is 0 Å². The van der Waals surface area contributed by atoms with Gasteiger partial charge >= 0.3 is 0 Å². The Labute approximate surface area is 91.4 Å². The minimum atomic E-state index is 0.324. The topological polar surface area (TPSA) is 63.8 Å². The molecule has 0 aliphatic heterocycles. The lowest BCUT2D eigenvalue weighted by molar-refractivity contribution is 0.554. The van der Waals surface area contributed by atoms with Crippen molar-refractivity contribution in [2.45, 2.75) is 12.8 Å². The van der Waals surface area contributed by atoms with Gasteiger partial charge in [-0.05, 0) is 40.7 Å². The van der Waals surface area contributed by atoms with Crippen LogP contribution in [0.2, 0.25) is 0 Å². The van der Waals surface area contributed by atoms with Gasteiger partial charge in [0.05, 0.1) is 4.47 Å². The second-order valence-corrected chi connectivity index (χ2v) is 4.63. The van der Waals surface area contributed by atoms with Crippen molar-refractivity contribution in [2.24, 2.45) is 11.1 Å². The zero-order valence-electron chi connectivity index (χ0n) is 7.83. The van der Waals surface area contributed by atoms with Crippen LogP contribution in [0, 0.1) is 5.41 Å². The maximum Gasteiger partial charge on any atom is 0.143 e. The SMILES string of the molecule is NCC1(CNc2ncncc2Br)CC1. The van der Waals surface area contributed by atoms with E-state index in [9.17, 15) is 0 Å². The number of nitrogens with zero attached hydrogens (tertiary/aromatic N) is 2. The molecule has 0 amide bonds. The summed E-state index contributed by atoms with van der Waals surface area (Å²) in [5, 5.41) is 3.29. The van der Waals surface area contributed by atoms with Crippen LogP contribution in [0.15, 0.2) is 17.0 Å². The molecule has 3 N–H and O–H groups in total. The number of rotatable bonds is 4. The van der Waals surface area contributed by atoms with Crippen LogP contribution in [-0.2, 0) is 0 Å². The molecule has 1 aliphatic rings. The lowest BCUT2D eigenvalue weighted by Crippen LogP contribution is -2.24. The minimum Gasteiger partial charge on any atom is -0.368 e. The van der Waals surface area contributed by atoms with Gasteiger partial charge in [0, 0.05) is 12.7 Å². The number of aromatic nitrogens is 2. The van der Waals surface area contributed by atoms with Crippen LogP contribution >= 0.6 is 15.9 Å². The van der Waals surface area contributed by atoms with Crippen LogP contribution in [0.25, 0.3) is 0 Å². The fourth-order valence-electron chi connectivity index (χ4n) is 1.34. The monoisotopic (exact) mass is 256 g/mol. The first kappa shape index (κ1) is 9.86. The van der Waals surface area contributed by atoms with Crippen molar-refractivity contribution in [3.8, 4) is 0 Å². The molecule has 0 spiro atoms. The summed E-state index contributed by atoms with van der Waals surface area (Å²) in [7, 11) is 0. The van der Waals surface area contributed by atoms with Gasteiger partial charge in [0.1, 0.15) is 12.1 Å². The maximum atomic E-state index is 5.69. The summed E-state index contributed by atoms with van der Waals surface area (Å²) in [5.41, 5.74) is 6.01. The van der Waals surface area contributed by atoms with E-state index in [2.05, 4.69) is 31.2 Å². The molecule has 0 aromatic carbocycles. The van der Waals surface area contributed by atoms with Crippen molar-refractivity contribution < 1.29 is 0 Å². The summed E-state index contributed by atoms with van der Waals surface area (Å²) in [6.45, 7) is 1.65. The van der Waals surface area contributed by atoms with Gasteiger partial charge in [-0.2, -0.15) is 0 Å². The van der Waals surface area contributed by atoms with Crippen molar-refractivity contribution >= 4 is 21.7 Å². The molecular weight excluding hydrogens is 244 g/mol. The van der Waals surface area contributed by atoms with Crippen molar-refractivity contribution in [1.82, 2.24) is 9.97 Å². The highest BCUT2D eigenvalue weighted by atomic mass is 79.9. The van der Waals surface area contributed by atoms with Gasteiger partial charge in [-0.25, -0.2) is 9.97 Å². The Hall–Kier alpha value is -0.680. The number of nitrogens with one attached hydrogen (secondary N) is 1. The summed E-state index contributed by atoms with van der Waals surface area (Å²) >= 11 is 3.39. The number of anilines is 1. The van der Waals surface area contributed by atoms with Gasteiger partial charge in [-0.15, -0.1) is 0 Å².